The first-order valence-corrected chi connectivity index (χ1v) is 6.27. The molecule has 5 nitrogen and oxygen atoms in total. The minimum atomic E-state index is -0.149. The number of H-pyrrole nitrogens is 1. The second-order valence-electron chi connectivity index (χ2n) is 4.03. The molecule has 1 heterocycles. The van der Waals surface area contributed by atoms with Gasteiger partial charge in [-0.25, -0.2) is 5.43 Å². The fourth-order valence-electron chi connectivity index (χ4n) is 1.74. The minimum Gasteiger partial charge on any atom is -0.381 e. The summed E-state index contributed by atoms with van der Waals surface area (Å²) >= 11 is 0. The van der Waals surface area contributed by atoms with Crippen LogP contribution in [0.4, 0.5) is 0 Å². The Balaban J connectivity index is 1.90. The Morgan fingerprint density at radius 2 is 2.32 bits per heavy atom. The van der Waals surface area contributed by atoms with E-state index in [1.165, 1.54) is 0 Å². The van der Waals surface area contributed by atoms with E-state index in [9.17, 15) is 4.79 Å². The number of amides is 1. The third kappa shape index (κ3) is 3.66. The summed E-state index contributed by atoms with van der Waals surface area (Å²) in [6, 6.07) is 7.93. The van der Waals surface area contributed by atoms with Crippen LogP contribution in [0.25, 0.3) is 10.9 Å². The molecule has 0 aliphatic rings. The number of hydrogen-bond donors (Lipinski definition) is 2. The summed E-state index contributed by atoms with van der Waals surface area (Å²) in [5, 5.41) is 5.02. The van der Waals surface area contributed by atoms with Crippen molar-refractivity contribution in [2.24, 2.45) is 5.10 Å². The minimum absolute atomic E-state index is 0.149. The van der Waals surface area contributed by atoms with Crippen LogP contribution in [0.5, 0.6) is 0 Å². The van der Waals surface area contributed by atoms with Crippen LogP contribution < -0.4 is 5.43 Å². The number of nitrogens with zero attached hydrogens (tertiary/aromatic N) is 1. The SMILES string of the molecule is CCOCCC(=O)N/N=C/c1c[nH]c2ccccc12. The molecule has 2 N–H and O–H groups in total. The zero-order valence-electron chi connectivity index (χ0n) is 10.8. The first-order chi connectivity index (χ1) is 9.31. The highest BCUT2D eigenvalue weighted by Gasteiger charge is 2.01. The van der Waals surface area contributed by atoms with Gasteiger partial charge in [0.2, 0.25) is 5.91 Å². The van der Waals surface area contributed by atoms with Crippen LogP contribution in [-0.4, -0.2) is 30.3 Å². The average molecular weight is 259 g/mol. The van der Waals surface area contributed by atoms with E-state index in [1.54, 1.807) is 6.21 Å². The van der Waals surface area contributed by atoms with Gasteiger partial charge in [0.05, 0.1) is 19.2 Å². The molecule has 1 amide bonds. The molecule has 0 fully saturated rings. The normalized spacial score (nSPS) is 11.2. The van der Waals surface area contributed by atoms with Gasteiger partial charge in [0.25, 0.3) is 0 Å². The van der Waals surface area contributed by atoms with Gasteiger partial charge in [0, 0.05) is 29.3 Å². The third-order valence-corrected chi connectivity index (χ3v) is 2.69. The van der Waals surface area contributed by atoms with Crippen molar-refractivity contribution in [1.82, 2.24) is 10.4 Å². The molecule has 0 aliphatic heterocycles. The molecule has 100 valence electrons. The summed E-state index contributed by atoms with van der Waals surface area (Å²) in [4.78, 5) is 14.5. The number of fused-ring (bicyclic) bond motifs is 1. The molecule has 2 aromatic rings. The Morgan fingerprint density at radius 3 is 3.16 bits per heavy atom. The summed E-state index contributed by atoms with van der Waals surface area (Å²) in [6.45, 7) is 2.93. The molecule has 0 unspecified atom stereocenters. The Hall–Kier alpha value is -2.14. The second-order valence-corrected chi connectivity index (χ2v) is 4.03. The van der Waals surface area contributed by atoms with E-state index in [2.05, 4.69) is 15.5 Å². The molecule has 0 aliphatic carbocycles. The van der Waals surface area contributed by atoms with Gasteiger partial charge in [-0.1, -0.05) is 18.2 Å². The number of hydrazone groups is 1. The van der Waals surface area contributed by atoms with Crippen LogP contribution in [-0.2, 0) is 9.53 Å². The quantitative estimate of drug-likeness (QED) is 0.473. The highest BCUT2D eigenvalue weighted by atomic mass is 16.5. The van der Waals surface area contributed by atoms with Crippen LogP contribution in [0.15, 0.2) is 35.6 Å². The van der Waals surface area contributed by atoms with Crippen LogP contribution in [0.1, 0.15) is 18.9 Å². The van der Waals surface area contributed by atoms with Gasteiger partial charge >= 0.3 is 0 Å². The molecule has 1 aromatic heterocycles. The maximum atomic E-state index is 11.4. The fourth-order valence-corrected chi connectivity index (χ4v) is 1.74. The van der Waals surface area contributed by atoms with Crippen LogP contribution in [0.2, 0.25) is 0 Å². The first-order valence-electron chi connectivity index (χ1n) is 6.27. The molecule has 0 spiro atoms. The van der Waals surface area contributed by atoms with E-state index in [-0.39, 0.29) is 5.91 Å². The van der Waals surface area contributed by atoms with Gasteiger partial charge in [0.15, 0.2) is 0 Å². The number of aromatic amines is 1. The van der Waals surface area contributed by atoms with E-state index in [0.29, 0.717) is 19.6 Å². The molecule has 1 aromatic carbocycles. The smallest absolute Gasteiger partial charge is 0.242 e. The number of rotatable bonds is 6. The largest absolute Gasteiger partial charge is 0.381 e. The van der Waals surface area contributed by atoms with Crippen molar-refractivity contribution in [3.05, 3.63) is 36.0 Å². The van der Waals surface area contributed by atoms with Crippen molar-refractivity contribution in [3.8, 4) is 0 Å². The standard InChI is InChI=1S/C14H17N3O2/c1-2-19-8-7-14(18)17-16-10-11-9-15-13-6-4-3-5-12(11)13/h3-6,9-10,15H,2,7-8H2,1H3,(H,17,18)/b16-10+. The Kier molecular flexibility index (Phi) is 4.69. The first kappa shape index (κ1) is 13.3. The molecule has 0 radical (unpaired) electrons. The van der Waals surface area contributed by atoms with Crippen molar-refractivity contribution in [2.45, 2.75) is 13.3 Å². The number of carbonyl (C=O) groups is 1. The summed E-state index contributed by atoms with van der Waals surface area (Å²) < 4.78 is 5.10. The number of benzene rings is 1. The van der Waals surface area contributed by atoms with Crippen LogP contribution in [0, 0.1) is 0 Å². The Morgan fingerprint density at radius 1 is 1.47 bits per heavy atom. The van der Waals surface area contributed by atoms with Crippen molar-refractivity contribution in [3.63, 3.8) is 0 Å². The lowest BCUT2D eigenvalue weighted by Gasteiger charge is -1.99. The highest BCUT2D eigenvalue weighted by Crippen LogP contribution is 2.15. The predicted molar refractivity (Wildman–Crippen MR) is 75.1 cm³/mol. The topological polar surface area (TPSA) is 66.5 Å². The van der Waals surface area contributed by atoms with E-state index < -0.39 is 0 Å². The zero-order valence-corrected chi connectivity index (χ0v) is 10.8. The van der Waals surface area contributed by atoms with Gasteiger partial charge in [0.1, 0.15) is 0 Å². The maximum absolute atomic E-state index is 11.4. The monoisotopic (exact) mass is 259 g/mol. The molecule has 0 saturated heterocycles. The van der Waals surface area contributed by atoms with Gasteiger partial charge in [-0.2, -0.15) is 5.10 Å². The van der Waals surface area contributed by atoms with Crippen molar-refractivity contribution >= 4 is 23.0 Å². The van der Waals surface area contributed by atoms with Crippen molar-refractivity contribution in [2.75, 3.05) is 13.2 Å². The third-order valence-electron chi connectivity index (χ3n) is 2.69. The predicted octanol–water partition coefficient (Wildman–Crippen LogP) is 2.04. The van der Waals surface area contributed by atoms with Gasteiger partial charge < -0.3 is 9.72 Å². The summed E-state index contributed by atoms with van der Waals surface area (Å²) in [6.07, 6.45) is 3.82. The van der Waals surface area contributed by atoms with Gasteiger partial charge in [-0.15, -0.1) is 0 Å². The highest BCUT2D eigenvalue weighted by molar-refractivity contribution is 5.99. The van der Waals surface area contributed by atoms with E-state index >= 15 is 0 Å². The number of nitrogens with one attached hydrogen (secondary N) is 2. The molecule has 2 rings (SSSR count). The zero-order chi connectivity index (χ0) is 13.5. The maximum Gasteiger partial charge on any atom is 0.242 e. The fraction of sp³-hybridized carbons (Fsp3) is 0.286. The lowest BCUT2D eigenvalue weighted by Crippen LogP contribution is -2.19. The second kappa shape index (κ2) is 6.70. The molecule has 19 heavy (non-hydrogen) atoms. The number of hydrogen-bond acceptors (Lipinski definition) is 3. The van der Waals surface area contributed by atoms with Gasteiger partial charge in [-0.3, -0.25) is 4.79 Å². The van der Waals surface area contributed by atoms with Crippen LogP contribution >= 0.6 is 0 Å². The molecule has 0 bridgehead atoms. The lowest BCUT2D eigenvalue weighted by atomic mass is 10.2. The number of para-hydroxylation sites is 1. The van der Waals surface area contributed by atoms with Crippen LogP contribution in [0.3, 0.4) is 0 Å². The Bertz CT molecular complexity index is 575. The van der Waals surface area contributed by atoms with Crippen molar-refractivity contribution in [1.29, 1.82) is 0 Å². The lowest BCUT2D eigenvalue weighted by molar-refractivity contribution is -0.122. The Labute approximate surface area is 111 Å². The summed E-state index contributed by atoms with van der Waals surface area (Å²) in [5.41, 5.74) is 4.47. The van der Waals surface area contributed by atoms with E-state index in [1.807, 2.05) is 37.4 Å². The molecular weight excluding hydrogens is 242 g/mol. The van der Waals surface area contributed by atoms with E-state index in [4.69, 9.17) is 4.74 Å². The molecule has 5 heteroatoms. The number of aromatic nitrogens is 1. The number of carbonyl (C=O) groups excluding carboxylic acids is 1. The van der Waals surface area contributed by atoms with Gasteiger partial charge in [-0.05, 0) is 13.0 Å². The average Bonchev–Trinajstić information content (AvgIpc) is 2.83. The molecule has 0 atom stereocenters. The summed E-state index contributed by atoms with van der Waals surface area (Å²) in [7, 11) is 0. The molecular formula is C14H17N3O2. The van der Waals surface area contributed by atoms with Crippen molar-refractivity contribution < 1.29 is 9.53 Å². The summed E-state index contributed by atoms with van der Waals surface area (Å²) in [5.74, 6) is -0.149. The van der Waals surface area contributed by atoms with E-state index in [0.717, 1.165) is 16.5 Å². The number of ether oxygens (including phenoxy) is 1. The molecule has 0 saturated carbocycles.